The van der Waals surface area contributed by atoms with Crippen molar-refractivity contribution in [3.05, 3.63) is 65.2 Å². The second-order valence-corrected chi connectivity index (χ2v) is 7.65. The number of rotatable bonds is 9. The van der Waals surface area contributed by atoms with Crippen LogP contribution in [0.25, 0.3) is 0 Å². The Balaban J connectivity index is 1.76. The van der Waals surface area contributed by atoms with Gasteiger partial charge in [-0.3, -0.25) is 14.4 Å². The first-order valence-corrected chi connectivity index (χ1v) is 10.9. The number of benzene rings is 2. The number of amides is 1. The van der Waals surface area contributed by atoms with Gasteiger partial charge < -0.3 is 19.3 Å². The summed E-state index contributed by atoms with van der Waals surface area (Å²) in [5.74, 6) is 5.68. The third-order valence-electron chi connectivity index (χ3n) is 5.54. The van der Waals surface area contributed by atoms with Crippen LogP contribution in [0.5, 0.6) is 0 Å². The Bertz CT molecular complexity index is 1050. The Kier molecular flexibility index (Phi) is 8.62. The predicted octanol–water partition coefficient (Wildman–Crippen LogP) is 2.75. The monoisotopic (exact) mass is 448 g/mol. The molecule has 0 unspecified atom stereocenters. The molecule has 2 aromatic rings. The first kappa shape index (κ1) is 24.0. The quantitative estimate of drug-likeness (QED) is 0.434. The van der Waals surface area contributed by atoms with Crippen LogP contribution >= 0.6 is 0 Å². The molecule has 0 fully saturated rings. The molecule has 1 aliphatic rings. The molecule has 0 N–H and O–H groups in total. The summed E-state index contributed by atoms with van der Waals surface area (Å²) in [7, 11) is 2.68. The summed E-state index contributed by atoms with van der Waals surface area (Å²) in [6, 6.07) is 15.4. The van der Waals surface area contributed by atoms with E-state index in [9.17, 15) is 14.4 Å². The largest absolute Gasteiger partial charge is 0.469 e. The molecule has 3 rings (SSSR count). The fourth-order valence-corrected chi connectivity index (χ4v) is 3.63. The predicted molar refractivity (Wildman–Crippen MR) is 124 cm³/mol. The SMILES string of the molecule is COC(=O)CCN(CCC(=O)OC)CCC(=O)N1Cc2ccccc2C#Cc2ccccc21. The highest BCUT2D eigenvalue weighted by molar-refractivity contribution is 5.95. The van der Waals surface area contributed by atoms with Crippen molar-refractivity contribution in [2.45, 2.75) is 25.8 Å². The number of nitrogens with zero attached hydrogens (tertiary/aromatic N) is 2. The number of esters is 2. The fourth-order valence-electron chi connectivity index (χ4n) is 3.63. The molecule has 0 aromatic heterocycles. The van der Waals surface area contributed by atoms with E-state index < -0.39 is 0 Å². The molecule has 0 spiro atoms. The molecule has 172 valence electrons. The van der Waals surface area contributed by atoms with E-state index in [0.717, 1.165) is 22.4 Å². The van der Waals surface area contributed by atoms with Gasteiger partial charge in [0, 0.05) is 37.2 Å². The van der Waals surface area contributed by atoms with Crippen LogP contribution in [0.15, 0.2) is 48.5 Å². The molecular formula is C26H28N2O5. The number of methoxy groups -OCH3 is 2. The van der Waals surface area contributed by atoms with Crippen molar-refractivity contribution >= 4 is 23.5 Å². The number of hydrogen-bond donors (Lipinski definition) is 0. The molecule has 0 radical (unpaired) electrons. The van der Waals surface area contributed by atoms with Crippen LogP contribution in [-0.2, 0) is 30.4 Å². The van der Waals surface area contributed by atoms with Crippen molar-refractivity contribution in [3.63, 3.8) is 0 Å². The van der Waals surface area contributed by atoms with Crippen molar-refractivity contribution in [1.29, 1.82) is 0 Å². The average Bonchev–Trinajstić information content (AvgIpc) is 2.84. The topological polar surface area (TPSA) is 76.1 Å². The molecule has 1 aliphatic heterocycles. The van der Waals surface area contributed by atoms with Gasteiger partial charge in [-0.25, -0.2) is 0 Å². The second kappa shape index (κ2) is 11.8. The molecular weight excluding hydrogens is 420 g/mol. The molecule has 1 heterocycles. The number of carbonyl (C=O) groups excluding carboxylic acids is 3. The van der Waals surface area contributed by atoms with E-state index in [1.807, 2.05) is 53.4 Å². The van der Waals surface area contributed by atoms with Crippen LogP contribution in [0, 0.1) is 11.8 Å². The highest BCUT2D eigenvalue weighted by atomic mass is 16.5. The van der Waals surface area contributed by atoms with Crippen molar-refractivity contribution in [3.8, 4) is 11.8 Å². The highest BCUT2D eigenvalue weighted by Crippen LogP contribution is 2.26. The number of hydrogen-bond acceptors (Lipinski definition) is 6. The van der Waals surface area contributed by atoms with E-state index in [-0.39, 0.29) is 37.1 Å². The van der Waals surface area contributed by atoms with Gasteiger partial charge in [-0.15, -0.1) is 0 Å². The zero-order valence-electron chi connectivity index (χ0n) is 19.0. The molecule has 0 aliphatic carbocycles. The lowest BCUT2D eigenvalue weighted by molar-refractivity contribution is -0.141. The lowest BCUT2D eigenvalue weighted by atomic mass is 10.0. The number of fused-ring (bicyclic) bond motifs is 2. The van der Waals surface area contributed by atoms with Gasteiger partial charge in [0.15, 0.2) is 0 Å². The smallest absolute Gasteiger partial charge is 0.306 e. The minimum Gasteiger partial charge on any atom is -0.469 e. The summed E-state index contributed by atoms with van der Waals surface area (Å²) in [5, 5.41) is 0. The number of ether oxygens (including phenoxy) is 2. The van der Waals surface area contributed by atoms with Crippen molar-refractivity contribution in [2.24, 2.45) is 0 Å². The van der Waals surface area contributed by atoms with Crippen molar-refractivity contribution in [2.75, 3.05) is 38.8 Å². The minimum atomic E-state index is -0.336. The molecule has 1 amide bonds. The zero-order valence-corrected chi connectivity index (χ0v) is 19.0. The molecule has 2 aromatic carbocycles. The Morgan fingerprint density at radius 2 is 1.36 bits per heavy atom. The highest BCUT2D eigenvalue weighted by Gasteiger charge is 2.22. The van der Waals surface area contributed by atoms with Crippen molar-refractivity contribution in [1.82, 2.24) is 4.90 Å². The van der Waals surface area contributed by atoms with Crippen LogP contribution in [-0.4, -0.2) is 56.6 Å². The van der Waals surface area contributed by atoms with E-state index in [1.165, 1.54) is 14.2 Å². The maximum Gasteiger partial charge on any atom is 0.306 e. The van der Waals surface area contributed by atoms with Gasteiger partial charge in [0.05, 0.1) is 39.3 Å². The van der Waals surface area contributed by atoms with Gasteiger partial charge in [-0.1, -0.05) is 42.2 Å². The molecule has 33 heavy (non-hydrogen) atoms. The number of para-hydroxylation sites is 1. The van der Waals surface area contributed by atoms with Gasteiger partial charge in [-0.2, -0.15) is 0 Å². The Hall–Kier alpha value is -3.63. The second-order valence-electron chi connectivity index (χ2n) is 7.65. The fraction of sp³-hybridized carbons (Fsp3) is 0.346. The Morgan fingerprint density at radius 3 is 2.03 bits per heavy atom. The van der Waals surface area contributed by atoms with Crippen LogP contribution in [0.1, 0.15) is 36.0 Å². The summed E-state index contributed by atoms with van der Waals surface area (Å²) in [6.45, 7) is 1.60. The van der Waals surface area contributed by atoms with Crippen LogP contribution in [0.3, 0.4) is 0 Å². The molecule has 7 nitrogen and oxygen atoms in total. The molecule has 0 bridgehead atoms. The Labute approximate surface area is 194 Å². The first-order valence-electron chi connectivity index (χ1n) is 10.9. The summed E-state index contributed by atoms with van der Waals surface area (Å²) < 4.78 is 9.44. The van der Waals surface area contributed by atoms with Crippen LogP contribution in [0.2, 0.25) is 0 Å². The van der Waals surface area contributed by atoms with E-state index in [0.29, 0.717) is 26.2 Å². The maximum absolute atomic E-state index is 13.4. The summed E-state index contributed by atoms with van der Waals surface area (Å²) in [5.41, 5.74) is 3.47. The van der Waals surface area contributed by atoms with Gasteiger partial charge in [0.25, 0.3) is 0 Å². The zero-order chi connectivity index (χ0) is 23.6. The standard InChI is InChI=1S/C26H28N2O5/c1-32-25(30)14-17-27(18-15-26(31)33-2)16-13-24(29)28-19-22-9-4-3-7-20(22)11-12-21-8-5-6-10-23(21)28/h3-10H,13-19H2,1-2H3. The molecule has 0 saturated carbocycles. The van der Waals surface area contributed by atoms with E-state index in [2.05, 4.69) is 11.8 Å². The number of carbonyl (C=O) groups is 3. The van der Waals surface area contributed by atoms with Gasteiger partial charge in [0.1, 0.15) is 0 Å². The van der Waals surface area contributed by atoms with Crippen LogP contribution in [0.4, 0.5) is 5.69 Å². The van der Waals surface area contributed by atoms with E-state index in [4.69, 9.17) is 9.47 Å². The number of anilines is 1. The first-order chi connectivity index (χ1) is 16.0. The van der Waals surface area contributed by atoms with E-state index >= 15 is 0 Å². The maximum atomic E-state index is 13.4. The lowest BCUT2D eigenvalue weighted by Gasteiger charge is -2.27. The van der Waals surface area contributed by atoms with Gasteiger partial charge in [0.2, 0.25) is 5.91 Å². The summed E-state index contributed by atoms with van der Waals surface area (Å²) in [4.78, 5) is 40.3. The molecule has 7 heteroatoms. The Morgan fingerprint density at radius 1 is 0.818 bits per heavy atom. The van der Waals surface area contributed by atoms with Crippen LogP contribution < -0.4 is 4.90 Å². The van der Waals surface area contributed by atoms with Crippen molar-refractivity contribution < 1.29 is 23.9 Å². The van der Waals surface area contributed by atoms with E-state index in [1.54, 1.807) is 4.90 Å². The third kappa shape index (κ3) is 6.67. The molecule has 0 atom stereocenters. The third-order valence-corrected chi connectivity index (χ3v) is 5.54. The summed E-state index contributed by atoms with van der Waals surface area (Å²) in [6.07, 6.45) is 0.592. The minimum absolute atomic E-state index is 0.0536. The summed E-state index contributed by atoms with van der Waals surface area (Å²) >= 11 is 0. The lowest BCUT2D eigenvalue weighted by Crippen LogP contribution is -2.36. The van der Waals surface area contributed by atoms with Gasteiger partial charge in [-0.05, 0) is 23.8 Å². The molecule has 0 saturated heterocycles. The van der Waals surface area contributed by atoms with Gasteiger partial charge >= 0.3 is 11.9 Å². The average molecular weight is 449 g/mol. The normalized spacial score (nSPS) is 11.9.